The van der Waals surface area contributed by atoms with Crippen molar-refractivity contribution in [1.29, 1.82) is 0 Å². The summed E-state index contributed by atoms with van der Waals surface area (Å²) in [5.41, 5.74) is 7.26. The van der Waals surface area contributed by atoms with Crippen molar-refractivity contribution < 1.29 is 0 Å². The van der Waals surface area contributed by atoms with Crippen molar-refractivity contribution in [3.63, 3.8) is 0 Å². The van der Waals surface area contributed by atoms with E-state index in [-0.39, 0.29) is 0 Å². The standard InChI is InChI=1S/C13H20N4S/c1-9-8-11(12(14)18)16-13(15-9)17-7-5-3-4-6-10(17)2/h8,10H,3-7H2,1-2H3,(H2,14,18). The molecule has 0 amide bonds. The van der Waals surface area contributed by atoms with Gasteiger partial charge in [0.05, 0.1) is 0 Å². The molecule has 1 atom stereocenters. The zero-order valence-corrected chi connectivity index (χ0v) is 11.8. The van der Waals surface area contributed by atoms with E-state index in [9.17, 15) is 0 Å². The number of nitrogens with two attached hydrogens (primary N) is 1. The van der Waals surface area contributed by atoms with E-state index in [4.69, 9.17) is 18.0 Å². The molecule has 0 bridgehead atoms. The van der Waals surface area contributed by atoms with Gasteiger partial charge in [-0.05, 0) is 32.8 Å². The van der Waals surface area contributed by atoms with Crippen LogP contribution in [0.3, 0.4) is 0 Å². The maximum Gasteiger partial charge on any atom is 0.226 e. The zero-order chi connectivity index (χ0) is 13.1. The summed E-state index contributed by atoms with van der Waals surface area (Å²) < 4.78 is 0. The molecule has 0 spiro atoms. The first-order chi connectivity index (χ1) is 8.58. The molecule has 0 radical (unpaired) electrons. The van der Waals surface area contributed by atoms with Gasteiger partial charge in [0.2, 0.25) is 5.95 Å². The van der Waals surface area contributed by atoms with Gasteiger partial charge in [0.25, 0.3) is 0 Å². The van der Waals surface area contributed by atoms with Crippen LogP contribution >= 0.6 is 12.2 Å². The lowest BCUT2D eigenvalue weighted by Gasteiger charge is -2.27. The maximum atomic E-state index is 5.67. The molecule has 0 saturated carbocycles. The van der Waals surface area contributed by atoms with Gasteiger partial charge < -0.3 is 10.6 Å². The number of hydrogen-bond donors (Lipinski definition) is 1. The molecule has 0 aromatic carbocycles. The predicted octanol–water partition coefficient (Wildman–Crippen LogP) is 2.19. The number of aryl methyl sites for hydroxylation is 1. The second kappa shape index (κ2) is 5.61. The zero-order valence-electron chi connectivity index (χ0n) is 11.0. The SMILES string of the molecule is Cc1cc(C(N)=S)nc(N2CCCCCC2C)n1. The van der Waals surface area contributed by atoms with Crippen LogP contribution in [-0.2, 0) is 0 Å². The average Bonchev–Trinajstić information content (AvgIpc) is 2.53. The van der Waals surface area contributed by atoms with Gasteiger partial charge in [-0.1, -0.05) is 25.1 Å². The molecular weight excluding hydrogens is 244 g/mol. The monoisotopic (exact) mass is 264 g/mol. The van der Waals surface area contributed by atoms with E-state index in [1.54, 1.807) is 0 Å². The summed E-state index contributed by atoms with van der Waals surface area (Å²) >= 11 is 5.01. The number of rotatable bonds is 2. The van der Waals surface area contributed by atoms with Crippen LogP contribution in [0.4, 0.5) is 5.95 Å². The molecule has 1 aromatic rings. The molecular formula is C13H20N4S. The molecule has 2 rings (SSSR count). The van der Waals surface area contributed by atoms with Gasteiger partial charge in [0, 0.05) is 18.3 Å². The van der Waals surface area contributed by atoms with Crippen LogP contribution in [0.25, 0.3) is 0 Å². The summed E-state index contributed by atoms with van der Waals surface area (Å²) in [6.07, 6.45) is 4.96. The van der Waals surface area contributed by atoms with Crippen LogP contribution in [0.15, 0.2) is 6.07 Å². The average molecular weight is 264 g/mol. The van der Waals surface area contributed by atoms with Crippen LogP contribution in [-0.4, -0.2) is 27.5 Å². The molecule has 1 unspecified atom stereocenters. The van der Waals surface area contributed by atoms with Gasteiger partial charge in [0.1, 0.15) is 10.7 Å². The van der Waals surface area contributed by atoms with Crippen molar-refractivity contribution >= 4 is 23.2 Å². The molecule has 18 heavy (non-hydrogen) atoms. The highest BCUT2D eigenvalue weighted by molar-refractivity contribution is 7.80. The summed E-state index contributed by atoms with van der Waals surface area (Å²) in [6.45, 7) is 5.20. The second-order valence-electron chi connectivity index (χ2n) is 4.95. The number of hydrogen-bond acceptors (Lipinski definition) is 4. The van der Waals surface area contributed by atoms with Gasteiger partial charge in [-0.25, -0.2) is 9.97 Å². The lowest BCUT2D eigenvalue weighted by Crippen LogP contribution is -2.34. The molecule has 5 heteroatoms. The first-order valence-corrected chi connectivity index (χ1v) is 6.91. The van der Waals surface area contributed by atoms with Crippen LogP contribution in [0.5, 0.6) is 0 Å². The van der Waals surface area contributed by atoms with Crippen LogP contribution in [0.2, 0.25) is 0 Å². The van der Waals surface area contributed by atoms with Crippen LogP contribution in [0, 0.1) is 6.92 Å². The second-order valence-corrected chi connectivity index (χ2v) is 5.39. The Labute approximate surface area is 114 Å². The van der Waals surface area contributed by atoms with Gasteiger partial charge >= 0.3 is 0 Å². The fourth-order valence-corrected chi connectivity index (χ4v) is 2.48. The summed E-state index contributed by atoms with van der Waals surface area (Å²) in [7, 11) is 0. The molecule has 0 aliphatic carbocycles. The minimum absolute atomic E-state index is 0.337. The fraction of sp³-hybridized carbons (Fsp3) is 0.615. The minimum atomic E-state index is 0.337. The van der Waals surface area contributed by atoms with Crippen LogP contribution in [0.1, 0.15) is 44.0 Å². The molecule has 1 aliphatic rings. The van der Waals surface area contributed by atoms with E-state index in [1.807, 2.05) is 13.0 Å². The molecule has 1 aliphatic heterocycles. The van der Waals surface area contributed by atoms with Gasteiger partial charge in [-0.15, -0.1) is 0 Å². The molecule has 1 fully saturated rings. The van der Waals surface area contributed by atoms with Crippen molar-refractivity contribution in [3.05, 3.63) is 17.5 Å². The molecule has 4 nitrogen and oxygen atoms in total. The molecule has 2 N–H and O–H groups in total. The van der Waals surface area contributed by atoms with Crippen LogP contribution < -0.4 is 10.6 Å². The van der Waals surface area contributed by atoms with E-state index in [2.05, 4.69) is 21.8 Å². The van der Waals surface area contributed by atoms with Crippen molar-refractivity contribution in [1.82, 2.24) is 9.97 Å². The van der Waals surface area contributed by atoms with Gasteiger partial charge in [0.15, 0.2) is 0 Å². The first-order valence-electron chi connectivity index (χ1n) is 6.50. The summed E-state index contributed by atoms with van der Waals surface area (Å²) in [6, 6.07) is 2.32. The highest BCUT2D eigenvalue weighted by Gasteiger charge is 2.20. The highest BCUT2D eigenvalue weighted by Crippen LogP contribution is 2.21. The fourth-order valence-electron chi connectivity index (χ4n) is 2.38. The Hall–Kier alpha value is -1.23. The smallest absolute Gasteiger partial charge is 0.226 e. The summed E-state index contributed by atoms with van der Waals surface area (Å²) in [5, 5.41) is 0. The third-order valence-corrected chi connectivity index (χ3v) is 3.61. The quantitative estimate of drug-likeness (QED) is 0.830. The van der Waals surface area contributed by atoms with E-state index < -0.39 is 0 Å². The predicted molar refractivity (Wildman–Crippen MR) is 77.9 cm³/mol. The normalized spacial score (nSPS) is 20.6. The maximum absolute atomic E-state index is 5.67. The number of anilines is 1. The molecule has 1 saturated heterocycles. The molecule has 1 aromatic heterocycles. The Morgan fingerprint density at radius 2 is 2.17 bits per heavy atom. The number of aromatic nitrogens is 2. The van der Waals surface area contributed by atoms with E-state index in [1.165, 1.54) is 25.7 Å². The van der Waals surface area contributed by atoms with E-state index >= 15 is 0 Å². The van der Waals surface area contributed by atoms with E-state index in [0.29, 0.717) is 16.7 Å². The Kier molecular flexibility index (Phi) is 4.11. The minimum Gasteiger partial charge on any atom is -0.388 e. The molecule has 2 heterocycles. The van der Waals surface area contributed by atoms with Crippen molar-refractivity contribution in [2.45, 2.75) is 45.6 Å². The topological polar surface area (TPSA) is 55.0 Å². The lowest BCUT2D eigenvalue weighted by molar-refractivity contribution is 0.604. The molecule has 98 valence electrons. The summed E-state index contributed by atoms with van der Waals surface area (Å²) in [5.74, 6) is 0.771. The van der Waals surface area contributed by atoms with Gasteiger partial charge in [-0.3, -0.25) is 0 Å². The Balaban J connectivity index is 2.33. The Morgan fingerprint density at radius 3 is 2.89 bits per heavy atom. The third-order valence-electron chi connectivity index (χ3n) is 3.40. The highest BCUT2D eigenvalue weighted by atomic mass is 32.1. The van der Waals surface area contributed by atoms with Gasteiger partial charge in [-0.2, -0.15) is 0 Å². The van der Waals surface area contributed by atoms with E-state index in [0.717, 1.165) is 18.2 Å². The number of thiocarbonyl (C=S) groups is 1. The summed E-state index contributed by atoms with van der Waals surface area (Å²) in [4.78, 5) is 11.6. The largest absolute Gasteiger partial charge is 0.388 e. The first kappa shape index (κ1) is 13.2. The van der Waals surface area contributed by atoms with Crippen molar-refractivity contribution in [2.75, 3.05) is 11.4 Å². The Bertz CT molecular complexity index is 447. The number of nitrogens with zero attached hydrogens (tertiary/aromatic N) is 3. The third kappa shape index (κ3) is 2.96. The lowest BCUT2D eigenvalue weighted by atomic mass is 10.1. The Morgan fingerprint density at radius 1 is 1.39 bits per heavy atom. The van der Waals surface area contributed by atoms with Crippen molar-refractivity contribution in [3.8, 4) is 0 Å². The van der Waals surface area contributed by atoms with Crippen molar-refractivity contribution in [2.24, 2.45) is 5.73 Å².